The van der Waals surface area contributed by atoms with Gasteiger partial charge in [0.05, 0.1) is 16.8 Å². The molecule has 0 saturated heterocycles. The number of carbonyl (C=O) groups is 1. The van der Waals surface area contributed by atoms with Gasteiger partial charge in [-0.15, -0.1) is 10.2 Å². The van der Waals surface area contributed by atoms with E-state index in [0.29, 0.717) is 21.8 Å². The third-order valence-corrected chi connectivity index (χ3v) is 6.43. The molecule has 1 amide bonds. The van der Waals surface area contributed by atoms with Gasteiger partial charge in [-0.3, -0.25) is 4.79 Å². The Hall–Kier alpha value is -3.03. The molecule has 0 saturated carbocycles. The first-order valence-corrected chi connectivity index (χ1v) is 11.5. The van der Waals surface area contributed by atoms with Crippen molar-refractivity contribution in [2.24, 2.45) is 7.05 Å². The summed E-state index contributed by atoms with van der Waals surface area (Å²) in [6.07, 6.45) is 0. The summed E-state index contributed by atoms with van der Waals surface area (Å²) >= 11 is 7.45. The molecule has 1 aromatic heterocycles. The second-order valence-electron chi connectivity index (χ2n) is 7.36. The Morgan fingerprint density at radius 2 is 1.84 bits per heavy atom. The summed E-state index contributed by atoms with van der Waals surface area (Å²) in [5.74, 6) is 1.42. The Kier molecular flexibility index (Phi) is 6.97. The molecule has 1 atom stereocenters. The Labute approximate surface area is 195 Å². The molecule has 3 aromatic carbocycles. The van der Waals surface area contributed by atoms with Gasteiger partial charge in [-0.1, -0.05) is 71.9 Å². The lowest BCUT2D eigenvalue weighted by Crippen LogP contribution is -2.28. The van der Waals surface area contributed by atoms with Gasteiger partial charge in [0.1, 0.15) is 12.4 Å². The zero-order valence-corrected chi connectivity index (χ0v) is 19.4. The molecule has 8 heteroatoms. The van der Waals surface area contributed by atoms with E-state index in [9.17, 15) is 4.79 Å². The third-order valence-electron chi connectivity index (χ3n) is 5.10. The number of hydrogen-bond acceptors (Lipinski definition) is 5. The maximum atomic E-state index is 12.5. The molecule has 0 aliphatic carbocycles. The number of halogens is 1. The SMILES string of the molecule is CC(NC(=O)CSc1nnc(COc2ccccc2Cl)n1C)c1ccc2ccccc2c1. The first-order valence-electron chi connectivity index (χ1n) is 10.2. The molecule has 4 aromatic rings. The van der Waals surface area contributed by atoms with Crippen LogP contribution in [0.2, 0.25) is 5.02 Å². The number of rotatable bonds is 8. The molecule has 32 heavy (non-hydrogen) atoms. The number of benzene rings is 3. The van der Waals surface area contributed by atoms with Crippen molar-refractivity contribution in [3.8, 4) is 5.75 Å². The number of carbonyl (C=O) groups excluding carboxylic acids is 1. The van der Waals surface area contributed by atoms with Crippen LogP contribution in [0.1, 0.15) is 24.4 Å². The fourth-order valence-corrected chi connectivity index (χ4v) is 4.21. The number of thioether (sulfide) groups is 1. The minimum Gasteiger partial charge on any atom is -0.484 e. The molecule has 6 nitrogen and oxygen atoms in total. The first kappa shape index (κ1) is 22.2. The molecule has 0 bridgehead atoms. The number of ether oxygens (including phenoxy) is 1. The van der Waals surface area contributed by atoms with Crippen LogP contribution in [0, 0.1) is 0 Å². The van der Waals surface area contributed by atoms with Gasteiger partial charge in [0.15, 0.2) is 11.0 Å². The summed E-state index contributed by atoms with van der Waals surface area (Å²) in [5.41, 5.74) is 1.07. The van der Waals surface area contributed by atoms with Crippen LogP contribution in [0.4, 0.5) is 0 Å². The summed E-state index contributed by atoms with van der Waals surface area (Å²) in [4.78, 5) is 12.5. The average molecular weight is 467 g/mol. The minimum atomic E-state index is -0.0909. The van der Waals surface area contributed by atoms with Gasteiger partial charge in [-0.25, -0.2) is 0 Å². The topological polar surface area (TPSA) is 69.0 Å². The van der Waals surface area contributed by atoms with E-state index >= 15 is 0 Å². The molecule has 1 unspecified atom stereocenters. The number of fused-ring (bicyclic) bond motifs is 1. The van der Waals surface area contributed by atoms with Crippen LogP contribution < -0.4 is 10.1 Å². The lowest BCUT2D eigenvalue weighted by molar-refractivity contribution is -0.119. The number of amides is 1. The number of para-hydroxylation sites is 1. The van der Waals surface area contributed by atoms with Crippen LogP contribution in [0.5, 0.6) is 5.75 Å². The van der Waals surface area contributed by atoms with Gasteiger partial charge in [0, 0.05) is 7.05 Å². The molecule has 0 aliphatic heterocycles. The molecule has 0 fully saturated rings. The Morgan fingerprint density at radius 3 is 2.66 bits per heavy atom. The molecule has 0 aliphatic rings. The van der Waals surface area contributed by atoms with Crippen LogP contribution in [0.25, 0.3) is 10.8 Å². The van der Waals surface area contributed by atoms with Crippen molar-refractivity contribution >= 4 is 40.0 Å². The van der Waals surface area contributed by atoms with Crippen LogP contribution in [-0.2, 0) is 18.4 Å². The molecule has 164 valence electrons. The third kappa shape index (κ3) is 5.23. The lowest BCUT2D eigenvalue weighted by atomic mass is 10.0. The van der Waals surface area contributed by atoms with Crippen molar-refractivity contribution in [2.45, 2.75) is 24.7 Å². The first-order chi connectivity index (χ1) is 15.5. The lowest BCUT2D eigenvalue weighted by Gasteiger charge is -2.15. The zero-order chi connectivity index (χ0) is 22.5. The van der Waals surface area contributed by atoms with E-state index in [0.717, 1.165) is 10.9 Å². The molecule has 0 radical (unpaired) electrons. The highest BCUT2D eigenvalue weighted by molar-refractivity contribution is 7.99. The van der Waals surface area contributed by atoms with Gasteiger partial charge < -0.3 is 14.6 Å². The molecular formula is C24H23ClN4O2S. The molecule has 0 spiro atoms. The van der Waals surface area contributed by atoms with Crippen LogP contribution in [-0.4, -0.2) is 26.4 Å². The smallest absolute Gasteiger partial charge is 0.230 e. The summed E-state index contributed by atoms with van der Waals surface area (Å²) in [7, 11) is 1.85. The second-order valence-corrected chi connectivity index (χ2v) is 8.71. The molecule has 1 N–H and O–H groups in total. The Morgan fingerprint density at radius 1 is 1.09 bits per heavy atom. The van der Waals surface area contributed by atoms with E-state index in [-0.39, 0.29) is 24.3 Å². The molecule has 4 rings (SSSR count). The van der Waals surface area contributed by atoms with E-state index in [1.165, 1.54) is 17.1 Å². The minimum absolute atomic E-state index is 0.0625. The van der Waals surface area contributed by atoms with Crippen molar-refractivity contribution in [3.05, 3.63) is 83.1 Å². The Bertz CT molecular complexity index is 1240. The quantitative estimate of drug-likeness (QED) is 0.363. The Balaban J connectivity index is 1.31. The van der Waals surface area contributed by atoms with Crippen LogP contribution in [0.3, 0.4) is 0 Å². The fraction of sp³-hybridized carbons (Fsp3) is 0.208. The fourth-order valence-electron chi connectivity index (χ4n) is 3.27. The number of nitrogens with zero attached hydrogens (tertiary/aromatic N) is 3. The van der Waals surface area contributed by atoms with Crippen LogP contribution >= 0.6 is 23.4 Å². The summed E-state index contributed by atoms with van der Waals surface area (Å²) in [5, 5.41) is 14.9. The number of aromatic nitrogens is 3. The van der Waals surface area contributed by atoms with Crippen molar-refractivity contribution in [3.63, 3.8) is 0 Å². The van der Waals surface area contributed by atoms with E-state index in [1.807, 2.05) is 48.9 Å². The van der Waals surface area contributed by atoms with Crippen molar-refractivity contribution in [2.75, 3.05) is 5.75 Å². The summed E-state index contributed by atoms with van der Waals surface area (Å²) < 4.78 is 7.55. The highest BCUT2D eigenvalue weighted by Gasteiger charge is 2.15. The largest absolute Gasteiger partial charge is 0.484 e. The predicted octanol–water partition coefficient (Wildman–Crippen LogP) is 5.17. The predicted molar refractivity (Wildman–Crippen MR) is 128 cm³/mol. The van der Waals surface area contributed by atoms with Crippen molar-refractivity contribution in [1.82, 2.24) is 20.1 Å². The number of nitrogens with one attached hydrogen (secondary N) is 1. The molecule has 1 heterocycles. The van der Waals surface area contributed by atoms with E-state index < -0.39 is 0 Å². The van der Waals surface area contributed by atoms with E-state index in [2.05, 4.69) is 39.8 Å². The standard InChI is InChI=1S/C24H23ClN4O2S/c1-16(18-12-11-17-7-3-4-8-19(17)13-18)26-23(30)15-32-24-28-27-22(29(24)2)14-31-21-10-6-5-9-20(21)25/h3-13,16H,14-15H2,1-2H3,(H,26,30). The summed E-state index contributed by atoms with van der Waals surface area (Å²) in [6, 6.07) is 21.6. The zero-order valence-electron chi connectivity index (χ0n) is 17.8. The van der Waals surface area contributed by atoms with Crippen LogP contribution in [0.15, 0.2) is 71.9 Å². The van der Waals surface area contributed by atoms with Gasteiger partial charge in [-0.05, 0) is 41.5 Å². The van der Waals surface area contributed by atoms with Crippen molar-refractivity contribution < 1.29 is 9.53 Å². The van der Waals surface area contributed by atoms with Gasteiger partial charge >= 0.3 is 0 Å². The van der Waals surface area contributed by atoms with Gasteiger partial charge in [0.2, 0.25) is 5.91 Å². The molecular weight excluding hydrogens is 444 g/mol. The monoisotopic (exact) mass is 466 g/mol. The van der Waals surface area contributed by atoms with Gasteiger partial charge in [0.25, 0.3) is 0 Å². The van der Waals surface area contributed by atoms with Gasteiger partial charge in [-0.2, -0.15) is 0 Å². The highest BCUT2D eigenvalue weighted by atomic mass is 35.5. The van der Waals surface area contributed by atoms with E-state index in [1.54, 1.807) is 12.1 Å². The normalized spacial score (nSPS) is 12.0. The van der Waals surface area contributed by atoms with Crippen molar-refractivity contribution in [1.29, 1.82) is 0 Å². The summed E-state index contributed by atoms with van der Waals surface area (Å²) in [6.45, 7) is 2.22. The second kappa shape index (κ2) is 10.1. The highest BCUT2D eigenvalue weighted by Crippen LogP contribution is 2.25. The van der Waals surface area contributed by atoms with E-state index in [4.69, 9.17) is 16.3 Å². The number of hydrogen-bond donors (Lipinski definition) is 1. The maximum absolute atomic E-state index is 12.5. The average Bonchev–Trinajstić information content (AvgIpc) is 3.16. The maximum Gasteiger partial charge on any atom is 0.230 e.